The average molecular weight is 434 g/mol. The Kier molecular flexibility index (Phi) is 5.77. The molecule has 1 aliphatic rings. The molecule has 0 spiro atoms. The molecule has 1 aromatic heterocycles. The van der Waals surface area contributed by atoms with E-state index in [0.717, 1.165) is 11.8 Å². The van der Waals surface area contributed by atoms with E-state index in [9.17, 15) is 4.79 Å². The largest absolute Gasteiger partial charge is 0.495 e. The van der Waals surface area contributed by atoms with Crippen LogP contribution in [0.4, 0.5) is 5.69 Å². The molecule has 8 nitrogen and oxygen atoms in total. The molecule has 0 fully saturated rings. The van der Waals surface area contributed by atoms with Gasteiger partial charge in [0.15, 0.2) is 11.5 Å². The number of fused-ring (bicyclic) bond motifs is 1. The molecule has 0 atom stereocenters. The lowest BCUT2D eigenvalue weighted by atomic mass is 10.2. The molecule has 2 heterocycles. The van der Waals surface area contributed by atoms with Gasteiger partial charge in [0.25, 0.3) is 5.22 Å². The smallest absolute Gasteiger partial charge is 0.277 e. The van der Waals surface area contributed by atoms with Crippen LogP contribution in [0.25, 0.3) is 11.5 Å². The summed E-state index contributed by atoms with van der Waals surface area (Å²) < 4.78 is 21.9. The third kappa shape index (κ3) is 4.57. The van der Waals surface area contributed by atoms with Gasteiger partial charge >= 0.3 is 0 Å². The number of carbonyl (C=O) groups is 1. The predicted molar refractivity (Wildman–Crippen MR) is 108 cm³/mol. The molecule has 1 N–H and O–H groups in total. The number of aromatic nitrogens is 2. The number of halogens is 1. The maximum absolute atomic E-state index is 12.3. The number of thioether (sulfide) groups is 1. The molecular weight excluding hydrogens is 418 g/mol. The van der Waals surface area contributed by atoms with Gasteiger partial charge in [-0.25, -0.2) is 0 Å². The van der Waals surface area contributed by atoms with Crippen LogP contribution < -0.4 is 19.5 Å². The van der Waals surface area contributed by atoms with Gasteiger partial charge in [-0.05, 0) is 36.4 Å². The van der Waals surface area contributed by atoms with E-state index < -0.39 is 0 Å². The highest BCUT2D eigenvalue weighted by Gasteiger charge is 2.17. The quantitative estimate of drug-likeness (QED) is 0.585. The normalized spacial score (nSPS) is 12.5. The molecule has 1 amide bonds. The number of hydrogen-bond acceptors (Lipinski definition) is 8. The lowest BCUT2D eigenvalue weighted by Crippen LogP contribution is -2.15. The number of ether oxygens (including phenoxy) is 3. The van der Waals surface area contributed by atoms with Crippen molar-refractivity contribution in [3.63, 3.8) is 0 Å². The SMILES string of the molecule is COc1ccc(Cl)cc1NC(=O)CSc1nnc(-c2ccc3c(c2)OCCO3)o1. The van der Waals surface area contributed by atoms with Gasteiger partial charge in [-0.2, -0.15) is 0 Å². The Morgan fingerprint density at radius 3 is 2.83 bits per heavy atom. The van der Waals surface area contributed by atoms with Crippen LogP contribution >= 0.6 is 23.4 Å². The van der Waals surface area contributed by atoms with E-state index in [-0.39, 0.29) is 16.9 Å². The maximum Gasteiger partial charge on any atom is 0.277 e. The number of rotatable bonds is 6. The first kappa shape index (κ1) is 19.4. The molecule has 3 aromatic rings. The zero-order chi connectivity index (χ0) is 20.2. The lowest BCUT2D eigenvalue weighted by molar-refractivity contribution is -0.113. The zero-order valence-corrected chi connectivity index (χ0v) is 16.9. The van der Waals surface area contributed by atoms with Crippen LogP contribution in [0.2, 0.25) is 5.02 Å². The monoisotopic (exact) mass is 433 g/mol. The van der Waals surface area contributed by atoms with Gasteiger partial charge in [-0.1, -0.05) is 23.4 Å². The lowest BCUT2D eigenvalue weighted by Gasteiger charge is -2.18. The molecule has 1 aliphatic heterocycles. The second-order valence-electron chi connectivity index (χ2n) is 5.91. The minimum absolute atomic E-state index is 0.0818. The van der Waals surface area contributed by atoms with Crippen LogP contribution in [0.5, 0.6) is 17.2 Å². The number of methoxy groups -OCH3 is 1. The van der Waals surface area contributed by atoms with Gasteiger partial charge in [0.1, 0.15) is 19.0 Å². The van der Waals surface area contributed by atoms with E-state index in [2.05, 4.69) is 15.5 Å². The Hall–Kier alpha value is -2.91. The van der Waals surface area contributed by atoms with Crippen LogP contribution in [0.15, 0.2) is 46.0 Å². The summed E-state index contributed by atoms with van der Waals surface area (Å²) in [5.41, 5.74) is 1.20. The van der Waals surface area contributed by atoms with E-state index in [1.54, 1.807) is 30.3 Å². The first-order valence-corrected chi connectivity index (χ1v) is 9.98. The number of nitrogens with one attached hydrogen (secondary N) is 1. The summed E-state index contributed by atoms with van der Waals surface area (Å²) in [7, 11) is 1.52. The Bertz CT molecular complexity index is 1040. The van der Waals surface area contributed by atoms with Crippen molar-refractivity contribution < 1.29 is 23.4 Å². The molecule has 4 rings (SSSR count). The highest BCUT2D eigenvalue weighted by molar-refractivity contribution is 7.99. The second-order valence-corrected chi connectivity index (χ2v) is 7.28. The van der Waals surface area contributed by atoms with E-state index in [1.807, 2.05) is 6.07 Å². The summed E-state index contributed by atoms with van der Waals surface area (Å²) in [6.07, 6.45) is 0. The molecule has 29 heavy (non-hydrogen) atoms. The van der Waals surface area contributed by atoms with Crippen molar-refractivity contribution in [3.05, 3.63) is 41.4 Å². The molecule has 150 valence electrons. The molecule has 0 radical (unpaired) electrons. The Morgan fingerprint density at radius 1 is 1.17 bits per heavy atom. The van der Waals surface area contributed by atoms with Crippen molar-refractivity contribution in [3.8, 4) is 28.7 Å². The topological polar surface area (TPSA) is 95.7 Å². The van der Waals surface area contributed by atoms with Crippen LogP contribution in [-0.2, 0) is 4.79 Å². The molecular formula is C19H16ClN3O5S. The highest BCUT2D eigenvalue weighted by atomic mass is 35.5. The van der Waals surface area contributed by atoms with Crippen LogP contribution in [-0.4, -0.2) is 42.2 Å². The Labute approximate surface area is 175 Å². The van der Waals surface area contributed by atoms with Crippen LogP contribution in [0, 0.1) is 0 Å². The van der Waals surface area contributed by atoms with E-state index in [0.29, 0.717) is 52.6 Å². The third-order valence-corrected chi connectivity index (χ3v) is 5.01. The van der Waals surface area contributed by atoms with E-state index >= 15 is 0 Å². The minimum atomic E-state index is -0.255. The molecule has 0 bridgehead atoms. The first-order valence-electron chi connectivity index (χ1n) is 8.62. The summed E-state index contributed by atoms with van der Waals surface area (Å²) in [5.74, 6) is 2.00. The van der Waals surface area contributed by atoms with Gasteiger partial charge < -0.3 is 23.9 Å². The Balaban J connectivity index is 1.38. The van der Waals surface area contributed by atoms with Crippen molar-refractivity contribution in [2.75, 3.05) is 31.4 Å². The Morgan fingerprint density at radius 2 is 2.00 bits per heavy atom. The van der Waals surface area contributed by atoms with Gasteiger partial charge in [-0.15, -0.1) is 10.2 Å². The number of carbonyl (C=O) groups excluding carboxylic acids is 1. The molecule has 0 aliphatic carbocycles. The predicted octanol–water partition coefficient (Wildman–Crippen LogP) is 3.90. The summed E-state index contributed by atoms with van der Waals surface area (Å²) in [4.78, 5) is 12.3. The maximum atomic E-state index is 12.3. The van der Waals surface area contributed by atoms with Gasteiger partial charge in [-0.3, -0.25) is 4.79 Å². The second kappa shape index (κ2) is 8.62. The van der Waals surface area contributed by atoms with E-state index in [4.69, 9.17) is 30.2 Å². The number of anilines is 1. The van der Waals surface area contributed by atoms with Gasteiger partial charge in [0.2, 0.25) is 11.8 Å². The van der Waals surface area contributed by atoms with Crippen molar-refractivity contribution >= 4 is 35.0 Å². The third-order valence-electron chi connectivity index (χ3n) is 3.96. The standard InChI is InChI=1S/C19H16ClN3O5S/c1-25-14-5-3-12(20)9-13(14)21-17(24)10-29-19-23-22-18(28-19)11-2-4-15-16(8-11)27-7-6-26-15/h2-5,8-9H,6-7,10H2,1H3,(H,21,24). The summed E-state index contributed by atoms with van der Waals surface area (Å²) in [6, 6.07) is 10.4. The summed E-state index contributed by atoms with van der Waals surface area (Å²) >= 11 is 7.10. The number of nitrogens with zero attached hydrogens (tertiary/aromatic N) is 2. The summed E-state index contributed by atoms with van der Waals surface area (Å²) in [5, 5.41) is 11.5. The molecule has 10 heteroatoms. The van der Waals surface area contributed by atoms with Crippen molar-refractivity contribution in [1.29, 1.82) is 0 Å². The number of benzene rings is 2. The van der Waals surface area contributed by atoms with Crippen LogP contribution in [0.3, 0.4) is 0 Å². The molecule has 0 unspecified atom stereocenters. The van der Waals surface area contributed by atoms with Crippen molar-refractivity contribution in [2.24, 2.45) is 0 Å². The number of hydrogen-bond donors (Lipinski definition) is 1. The van der Waals surface area contributed by atoms with E-state index in [1.165, 1.54) is 7.11 Å². The van der Waals surface area contributed by atoms with Crippen LogP contribution in [0.1, 0.15) is 0 Å². The zero-order valence-electron chi connectivity index (χ0n) is 15.3. The molecule has 0 saturated heterocycles. The molecule has 2 aromatic carbocycles. The first-order chi connectivity index (χ1) is 14.1. The van der Waals surface area contributed by atoms with Gasteiger partial charge in [0, 0.05) is 10.6 Å². The van der Waals surface area contributed by atoms with Crippen molar-refractivity contribution in [1.82, 2.24) is 10.2 Å². The fourth-order valence-electron chi connectivity index (χ4n) is 2.65. The van der Waals surface area contributed by atoms with Crippen molar-refractivity contribution in [2.45, 2.75) is 5.22 Å². The summed E-state index contributed by atoms with van der Waals surface area (Å²) in [6.45, 7) is 1.02. The average Bonchev–Trinajstić information content (AvgIpc) is 3.21. The number of amides is 1. The fraction of sp³-hybridized carbons (Fsp3) is 0.211. The highest BCUT2D eigenvalue weighted by Crippen LogP contribution is 2.35. The van der Waals surface area contributed by atoms with Gasteiger partial charge in [0.05, 0.1) is 18.6 Å². The fourth-order valence-corrected chi connectivity index (χ4v) is 3.39. The minimum Gasteiger partial charge on any atom is -0.495 e. The molecule has 0 saturated carbocycles.